The lowest BCUT2D eigenvalue weighted by molar-refractivity contribution is -0.137. The number of aryl methyl sites for hydroxylation is 3. The molecule has 0 unspecified atom stereocenters. The molecule has 2 aromatic rings. The Hall–Kier alpha value is -2.88. The molecule has 1 N–H and O–H groups in total. The fraction of sp³-hybridized carbons (Fsp3) is 0.304. The second kappa shape index (κ2) is 7.39. The van der Waals surface area contributed by atoms with Crippen LogP contribution in [0.5, 0.6) is 0 Å². The maximum absolute atomic E-state index is 13.1. The van der Waals surface area contributed by atoms with Gasteiger partial charge in [-0.15, -0.1) is 0 Å². The summed E-state index contributed by atoms with van der Waals surface area (Å²) < 4.78 is 0. The summed E-state index contributed by atoms with van der Waals surface area (Å²) >= 11 is 0. The zero-order chi connectivity index (χ0) is 19.7. The van der Waals surface area contributed by atoms with Crippen molar-refractivity contribution >= 4 is 23.1 Å². The first kappa shape index (κ1) is 18.9. The second-order valence-corrected chi connectivity index (χ2v) is 7.65. The third-order valence-corrected chi connectivity index (χ3v) is 4.83. The number of amides is 2. The minimum Gasteiger partial charge on any atom is -0.350 e. The molecule has 0 fully saturated rings. The molecule has 0 saturated heterocycles. The van der Waals surface area contributed by atoms with Crippen LogP contribution in [0, 0.1) is 26.7 Å². The van der Waals surface area contributed by atoms with Crippen molar-refractivity contribution in [2.24, 2.45) is 5.92 Å². The Balaban J connectivity index is 2.08. The van der Waals surface area contributed by atoms with Crippen LogP contribution >= 0.6 is 0 Å². The molecular formula is C23H26N2O2. The van der Waals surface area contributed by atoms with Crippen LogP contribution in [0.15, 0.2) is 48.2 Å². The van der Waals surface area contributed by atoms with Gasteiger partial charge >= 0.3 is 0 Å². The van der Waals surface area contributed by atoms with Crippen molar-refractivity contribution in [2.75, 3.05) is 11.9 Å². The Labute approximate surface area is 160 Å². The minimum atomic E-state index is -0.262. The summed E-state index contributed by atoms with van der Waals surface area (Å²) in [6, 6.07) is 13.7. The van der Waals surface area contributed by atoms with Crippen LogP contribution in [-0.2, 0) is 9.59 Å². The summed E-state index contributed by atoms with van der Waals surface area (Å²) in [5, 5.41) is 3.20. The zero-order valence-corrected chi connectivity index (χ0v) is 16.6. The van der Waals surface area contributed by atoms with Crippen LogP contribution in [-0.4, -0.2) is 23.3 Å². The maximum atomic E-state index is 13.1. The van der Waals surface area contributed by atoms with Crippen molar-refractivity contribution in [3.63, 3.8) is 0 Å². The molecule has 0 atom stereocenters. The lowest BCUT2D eigenvalue weighted by Crippen LogP contribution is -2.35. The fourth-order valence-electron chi connectivity index (χ4n) is 3.17. The summed E-state index contributed by atoms with van der Waals surface area (Å²) in [6.07, 6.45) is 0. The molecule has 0 bridgehead atoms. The summed E-state index contributed by atoms with van der Waals surface area (Å²) in [5.74, 6) is -0.285. The Morgan fingerprint density at radius 3 is 2.15 bits per heavy atom. The Morgan fingerprint density at radius 2 is 1.56 bits per heavy atom. The topological polar surface area (TPSA) is 49.4 Å². The number of rotatable bonds is 5. The normalized spacial score (nSPS) is 14.5. The van der Waals surface area contributed by atoms with E-state index in [0.717, 1.165) is 27.9 Å². The van der Waals surface area contributed by atoms with E-state index in [1.54, 1.807) is 0 Å². The highest BCUT2D eigenvalue weighted by Gasteiger charge is 2.39. The van der Waals surface area contributed by atoms with Gasteiger partial charge < -0.3 is 5.32 Å². The number of nitrogens with zero attached hydrogens (tertiary/aromatic N) is 1. The van der Waals surface area contributed by atoms with Crippen molar-refractivity contribution in [1.82, 2.24) is 4.90 Å². The molecule has 0 spiro atoms. The molecule has 1 heterocycles. The van der Waals surface area contributed by atoms with E-state index in [0.29, 0.717) is 17.8 Å². The van der Waals surface area contributed by atoms with Crippen molar-refractivity contribution in [3.8, 4) is 0 Å². The van der Waals surface area contributed by atoms with Gasteiger partial charge in [-0.3, -0.25) is 14.5 Å². The van der Waals surface area contributed by atoms with Gasteiger partial charge in [0.05, 0.1) is 5.57 Å². The lowest BCUT2D eigenvalue weighted by atomic mass is 9.99. The monoisotopic (exact) mass is 362 g/mol. The predicted octanol–water partition coefficient (Wildman–Crippen LogP) is 4.46. The van der Waals surface area contributed by atoms with Crippen molar-refractivity contribution < 1.29 is 9.59 Å². The molecule has 1 aliphatic heterocycles. The molecule has 2 aromatic carbocycles. The molecule has 0 saturated carbocycles. The van der Waals surface area contributed by atoms with Gasteiger partial charge in [0.2, 0.25) is 0 Å². The summed E-state index contributed by atoms with van der Waals surface area (Å²) in [5.41, 5.74) is 5.76. The first-order valence-electron chi connectivity index (χ1n) is 9.29. The predicted molar refractivity (Wildman–Crippen MR) is 109 cm³/mol. The quantitative estimate of drug-likeness (QED) is 0.799. The number of carbonyl (C=O) groups excluding carboxylic acids is 2. The lowest BCUT2D eigenvalue weighted by Gasteiger charge is -2.17. The first-order chi connectivity index (χ1) is 12.8. The average molecular weight is 362 g/mol. The number of hydrogen-bond donors (Lipinski definition) is 1. The van der Waals surface area contributed by atoms with Crippen molar-refractivity contribution in [2.45, 2.75) is 34.6 Å². The number of nitrogens with one attached hydrogen (secondary N) is 1. The van der Waals surface area contributed by atoms with Crippen molar-refractivity contribution in [1.29, 1.82) is 0 Å². The molecule has 140 valence electrons. The Bertz CT molecular complexity index is 924. The molecular weight excluding hydrogens is 336 g/mol. The minimum absolute atomic E-state index is 0.206. The summed E-state index contributed by atoms with van der Waals surface area (Å²) in [6.45, 7) is 10.5. The average Bonchev–Trinajstić information content (AvgIpc) is 2.83. The van der Waals surface area contributed by atoms with Gasteiger partial charge in [-0.25, -0.2) is 0 Å². The molecule has 1 aliphatic rings. The van der Waals surface area contributed by atoms with E-state index in [1.807, 2.05) is 77.1 Å². The zero-order valence-electron chi connectivity index (χ0n) is 16.6. The van der Waals surface area contributed by atoms with Crippen LogP contribution in [0.2, 0.25) is 0 Å². The highest BCUT2D eigenvalue weighted by atomic mass is 16.2. The molecule has 0 radical (unpaired) electrons. The number of anilines is 1. The molecule has 0 aliphatic carbocycles. The third-order valence-electron chi connectivity index (χ3n) is 4.83. The molecule has 0 aromatic heterocycles. The largest absolute Gasteiger partial charge is 0.350 e. The number of imide groups is 1. The molecule has 4 heteroatoms. The van der Waals surface area contributed by atoms with Gasteiger partial charge in [0.15, 0.2) is 0 Å². The molecule has 27 heavy (non-hydrogen) atoms. The molecule has 2 amide bonds. The number of benzene rings is 2. The van der Waals surface area contributed by atoms with E-state index >= 15 is 0 Å². The van der Waals surface area contributed by atoms with Gasteiger partial charge in [-0.1, -0.05) is 49.7 Å². The van der Waals surface area contributed by atoms with Crippen LogP contribution in [0.25, 0.3) is 5.57 Å². The van der Waals surface area contributed by atoms with E-state index in [2.05, 4.69) is 5.32 Å². The van der Waals surface area contributed by atoms with Crippen LogP contribution < -0.4 is 5.32 Å². The van der Waals surface area contributed by atoms with Gasteiger partial charge in [0.25, 0.3) is 11.8 Å². The highest BCUT2D eigenvalue weighted by molar-refractivity contribution is 6.36. The number of carbonyl (C=O) groups is 2. The third kappa shape index (κ3) is 3.80. The SMILES string of the molecule is Cc1ccc(NC2=C(c3ccc(C)c(C)c3)C(=O)N(CC(C)C)C2=O)cc1. The first-order valence-corrected chi connectivity index (χ1v) is 9.29. The Morgan fingerprint density at radius 1 is 0.889 bits per heavy atom. The van der Waals surface area contributed by atoms with Crippen molar-refractivity contribution in [3.05, 3.63) is 70.4 Å². The number of hydrogen-bond acceptors (Lipinski definition) is 3. The smallest absolute Gasteiger partial charge is 0.278 e. The van der Waals surface area contributed by atoms with E-state index in [4.69, 9.17) is 0 Å². The van der Waals surface area contributed by atoms with Gasteiger partial charge in [-0.2, -0.15) is 0 Å². The fourth-order valence-corrected chi connectivity index (χ4v) is 3.17. The summed E-state index contributed by atoms with van der Waals surface area (Å²) in [4.78, 5) is 27.5. The highest BCUT2D eigenvalue weighted by Crippen LogP contribution is 2.32. The van der Waals surface area contributed by atoms with E-state index in [1.165, 1.54) is 4.90 Å². The van der Waals surface area contributed by atoms with Crippen LogP contribution in [0.4, 0.5) is 5.69 Å². The van der Waals surface area contributed by atoms with E-state index in [-0.39, 0.29) is 17.7 Å². The van der Waals surface area contributed by atoms with Gasteiger partial charge in [-0.05, 0) is 55.5 Å². The van der Waals surface area contributed by atoms with E-state index < -0.39 is 0 Å². The van der Waals surface area contributed by atoms with Crippen LogP contribution in [0.1, 0.15) is 36.1 Å². The summed E-state index contributed by atoms with van der Waals surface area (Å²) in [7, 11) is 0. The molecule has 4 nitrogen and oxygen atoms in total. The van der Waals surface area contributed by atoms with Gasteiger partial charge in [0.1, 0.15) is 5.70 Å². The standard InChI is InChI=1S/C23H26N2O2/c1-14(2)13-25-22(26)20(18-9-8-16(4)17(5)12-18)21(23(25)27)24-19-10-6-15(3)7-11-19/h6-12,14,24H,13H2,1-5H3. The molecule has 3 rings (SSSR count). The Kier molecular flexibility index (Phi) is 5.17. The van der Waals surface area contributed by atoms with E-state index in [9.17, 15) is 9.59 Å². The maximum Gasteiger partial charge on any atom is 0.278 e. The second-order valence-electron chi connectivity index (χ2n) is 7.65. The van der Waals surface area contributed by atoms with Crippen LogP contribution in [0.3, 0.4) is 0 Å². The van der Waals surface area contributed by atoms with Gasteiger partial charge in [0, 0.05) is 12.2 Å².